The van der Waals surface area contributed by atoms with E-state index in [0.717, 1.165) is 5.52 Å². The maximum atomic E-state index is 12.8. The number of ether oxygens (including phenoxy) is 1. The SMILES string of the molecule is CC(=O)Oc1cccc2[nH]cc(C(=O)CN(C(C)C)C(C)C)c12. The summed E-state index contributed by atoms with van der Waals surface area (Å²) in [4.78, 5) is 29.3. The molecule has 1 heterocycles. The maximum absolute atomic E-state index is 12.8. The molecule has 5 nitrogen and oxygen atoms in total. The highest BCUT2D eigenvalue weighted by Gasteiger charge is 2.22. The van der Waals surface area contributed by atoms with E-state index in [1.165, 1.54) is 6.92 Å². The van der Waals surface area contributed by atoms with Gasteiger partial charge in [0.25, 0.3) is 0 Å². The number of H-pyrrole nitrogens is 1. The lowest BCUT2D eigenvalue weighted by molar-refractivity contribution is -0.131. The number of hydrogen-bond acceptors (Lipinski definition) is 4. The van der Waals surface area contributed by atoms with Gasteiger partial charge in [0.2, 0.25) is 0 Å². The first-order chi connectivity index (χ1) is 10.8. The summed E-state index contributed by atoms with van der Waals surface area (Å²) in [5.41, 5.74) is 1.34. The molecule has 0 aliphatic carbocycles. The average molecular weight is 316 g/mol. The summed E-state index contributed by atoms with van der Waals surface area (Å²) in [6.45, 7) is 9.99. The fraction of sp³-hybridized carbons (Fsp3) is 0.444. The fourth-order valence-electron chi connectivity index (χ4n) is 2.82. The van der Waals surface area contributed by atoms with Crippen LogP contribution in [0.15, 0.2) is 24.4 Å². The van der Waals surface area contributed by atoms with E-state index < -0.39 is 5.97 Å². The van der Waals surface area contributed by atoms with Gasteiger partial charge in [-0.25, -0.2) is 0 Å². The first-order valence-electron chi connectivity index (χ1n) is 7.88. The van der Waals surface area contributed by atoms with Crippen molar-refractivity contribution in [2.24, 2.45) is 0 Å². The normalized spacial score (nSPS) is 11.7. The second-order valence-corrected chi connectivity index (χ2v) is 6.26. The summed E-state index contributed by atoms with van der Waals surface area (Å²) < 4.78 is 5.25. The third-order valence-corrected chi connectivity index (χ3v) is 3.87. The summed E-state index contributed by atoms with van der Waals surface area (Å²) in [6.07, 6.45) is 1.69. The van der Waals surface area contributed by atoms with Crippen LogP contribution in [0.2, 0.25) is 0 Å². The minimum atomic E-state index is -0.400. The molecule has 0 saturated heterocycles. The number of Topliss-reactive ketones (excluding diaryl/α,β-unsaturated/α-hetero) is 1. The van der Waals surface area contributed by atoms with Gasteiger partial charge in [0.15, 0.2) is 5.78 Å². The largest absolute Gasteiger partial charge is 0.426 e. The van der Waals surface area contributed by atoms with Gasteiger partial charge in [0.05, 0.1) is 11.9 Å². The highest BCUT2D eigenvalue weighted by atomic mass is 16.5. The maximum Gasteiger partial charge on any atom is 0.308 e. The molecule has 0 unspecified atom stereocenters. The van der Waals surface area contributed by atoms with E-state index in [2.05, 4.69) is 37.6 Å². The highest BCUT2D eigenvalue weighted by Crippen LogP contribution is 2.29. The van der Waals surface area contributed by atoms with Crippen molar-refractivity contribution in [3.05, 3.63) is 30.0 Å². The molecule has 2 aromatic rings. The van der Waals surface area contributed by atoms with Crippen LogP contribution in [0.1, 0.15) is 45.0 Å². The van der Waals surface area contributed by atoms with Gasteiger partial charge in [-0.3, -0.25) is 14.5 Å². The van der Waals surface area contributed by atoms with E-state index >= 15 is 0 Å². The van der Waals surface area contributed by atoms with Crippen molar-refractivity contribution in [3.63, 3.8) is 0 Å². The molecule has 2 rings (SSSR count). The minimum absolute atomic E-state index is 0.0123. The molecule has 0 spiro atoms. The average Bonchev–Trinajstić information content (AvgIpc) is 2.88. The molecule has 0 atom stereocenters. The Hall–Kier alpha value is -2.14. The number of rotatable bonds is 6. The molecule has 124 valence electrons. The Balaban J connectivity index is 2.39. The Bertz CT molecular complexity index is 708. The number of aromatic amines is 1. The van der Waals surface area contributed by atoms with Crippen LogP contribution in [0.25, 0.3) is 10.9 Å². The zero-order valence-electron chi connectivity index (χ0n) is 14.3. The third kappa shape index (κ3) is 3.79. The lowest BCUT2D eigenvalue weighted by Crippen LogP contribution is -2.40. The molecule has 1 aromatic heterocycles. The Morgan fingerprint density at radius 1 is 1.17 bits per heavy atom. The van der Waals surface area contributed by atoms with Crippen molar-refractivity contribution < 1.29 is 14.3 Å². The lowest BCUT2D eigenvalue weighted by Gasteiger charge is -2.29. The van der Waals surface area contributed by atoms with Crippen LogP contribution in [0.5, 0.6) is 5.75 Å². The van der Waals surface area contributed by atoms with Crippen LogP contribution in [-0.2, 0) is 4.79 Å². The fourth-order valence-corrected chi connectivity index (χ4v) is 2.82. The van der Waals surface area contributed by atoms with E-state index in [9.17, 15) is 9.59 Å². The van der Waals surface area contributed by atoms with Gasteiger partial charge >= 0.3 is 5.97 Å². The number of benzene rings is 1. The molecule has 0 saturated carbocycles. The Morgan fingerprint density at radius 3 is 2.39 bits per heavy atom. The Morgan fingerprint density at radius 2 is 1.83 bits per heavy atom. The number of aromatic nitrogens is 1. The number of nitrogens with one attached hydrogen (secondary N) is 1. The van der Waals surface area contributed by atoms with Crippen LogP contribution >= 0.6 is 0 Å². The third-order valence-electron chi connectivity index (χ3n) is 3.87. The summed E-state index contributed by atoms with van der Waals surface area (Å²) in [7, 11) is 0. The van der Waals surface area contributed by atoms with Gasteiger partial charge in [-0.1, -0.05) is 6.07 Å². The number of carbonyl (C=O) groups excluding carboxylic acids is 2. The topological polar surface area (TPSA) is 62.4 Å². The molecule has 1 aromatic carbocycles. The highest BCUT2D eigenvalue weighted by molar-refractivity contribution is 6.11. The van der Waals surface area contributed by atoms with Crippen LogP contribution in [0.3, 0.4) is 0 Å². The predicted molar refractivity (Wildman–Crippen MR) is 90.9 cm³/mol. The van der Waals surface area contributed by atoms with E-state index in [1.807, 2.05) is 6.07 Å². The van der Waals surface area contributed by atoms with Gasteiger partial charge in [-0.05, 0) is 39.8 Å². The molecule has 5 heteroatoms. The lowest BCUT2D eigenvalue weighted by atomic mass is 10.1. The summed E-state index contributed by atoms with van der Waals surface area (Å²) >= 11 is 0. The smallest absolute Gasteiger partial charge is 0.308 e. The number of fused-ring (bicyclic) bond motifs is 1. The zero-order chi connectivity index (χ0) is 17.1. The van der Waals surface area contributed by atoms with Crippen LogP contribution in [0, 0.1) is 0 Å². The van der Waals surface area contributed by atoms with Crippen LogP contribution < -0.4 is 4.74 Å². The number of hydrogen-bond donors (Lipinski definition) is 1. The zero-order valence-corrected chi connectivity index (χ0v) is 14.3. The number of nitrogens with zero attached hydrogens (tertiary/aromatic N) is 1. The minimum Gasteiger partial charge on any atom is -0.426 e. The molecule has 0 aliphatic rings. The van der Waals surface area contributed by atoms with Gasteiger partial charge in [-0.15, -0.1) is 0 Å². The van der Waals surface area contributed by atoms with E-state index in [1.54, 1.807) is 18.3 Å². The Kier molecular flexibility index (Phi) is 5.21. The summed E-state index contributed by atoms with van der Waals surface area (Å²) in [5.74, 6) is 0.0292. The molecular weight excluding hydrogens is 292 g/mol. The van der Waals surface area contributed by atoms with Gasteiger partial charge in [0.1, 0.15) is 5.75 Å². The van der Waals surface area contributed by atoms with E-state index in [4.69, 9.17) is 4.74 Å². The molecule has 0 amide bonds. The van der Waals surface area contributed by atoms with E-state index in [0.29, 0.717) is 23.2 Å². The van der Waals surface area contributed by atoms with Gasteiger partial charge < -0.3 is 9.72 Å². The molecule has 0 aliphatic heterocycles. The Labute approximate surface area is 136 Å². The summed E-state index contributed by atoms with van der Waals surface area (Å²) in [5, 5.41) is 0.667. The molecule has 1 N–H and O–H groups in total. The molecule has 23 heavy (non-hydrogen) atoms. The number of carbonyl (C=O) groups is 2. The monoisotopic (exact) mass is 316 g/mol. The standard InChI is InChI=1S/C18H24N2O3/c1-11(2)20(12(3)4)10-16(22)14-9-19-15-7-6-8-17(18(14)15)23-13(5)21/h6-9,11-12,19H,10H2,1-5H3. The van der Waals surface area contributed by atoms with Crippen LogP contribution in [-0.4, -0.2) is 40.3 Å². The molecular formula is C18H24N2O3. The van der Waals surface area contributed by atoms with E-state index in [-0.39, 0.29) is 17.9 Å². The first-order valence-corrected chi connectivity index (χ1v) is 7.88. The first kappa shape index (κ1) is 17.2. The second kappa shape index (κ2) is 6.96. The van der Waals surface area contributed by atoms with Crippen molar-refractivity contribution in [1.82, 2.24) is 9.88 Å². The van der Waals surface area contributed by atoms with Gasteiger partial charge in [0, 0.05) is 36.3 Å². The number of ketones is 1. The van der Waals surface area contributed by atoms with Crippen molar-refractivity contribution >= 4 is 22.7 Å². The van der Waals surface area contributed by atoms with Gasteiger partial charge in [-0.2, -0.15) is 0 Å². The van der Waals surface area contributed by atoms with Crippen LogP contribution in [0.4, 0.5) is 0 Å². The molecule has 0 fully saturated rings. The molecule has 0 bridgehead atoms. The predicted octanol–water partition coefficient (Wildman–Crippen LogP) is 3.39. The quantitative estimate of drug-likeness (QED) is 0.504. The van der Waals surface area contributed by atoms with Crippen molar-refractivity contribution in [2.45, 2.75) is 46.7 Å². The summed E-state index contributed by atoms with van der Waals surface area (Å²) in [6, 6.07) is 5.91. The second-order valence-electron chi connectivity index (χ2n) is 6.26. The number of esters is 1. The van der Waals surface area contributed by atoms with Crippen molar-refractivity contribution in [3.8, 4) is 5.75 Å². The van der Waals surface area contributed by atoms with Crippen molar-refractivity contribution in [1.29, 1.82) is 0 Å². The van der Waals surface area contributed by atoms with Crippen molar-refractivity contribution in [2.75, 3.05) is 6.54 Å². The molecule has 0 radical (unpaired) electrons.